The zero-order valence-corrected chi connectivity index (χ0v) is 17.0. The summed E-state index contributed by atoms with van der Waals surface area (Å²) in [5.74, 6) is 0.0133. The van der Waals surface area contributed by atoms with Gasteiger partial charge in [0.25, 0.3) is 0 Å². The first kappa shape index (κ1) is 20.7. The summed E-state index contributed by atoms with van der Waals surface area (Å²) in [6.07, 6.45) is 1.52. The molecule has 1 aliphatic heterocycles. The van der Waals surface area contributed by atoms with Crippen LogP contribution in [0.1, 0.15) is 38.1 Å². The number of ether oxygens (including phenoxy) is 1. The van der Waals surface area contributed by atoms with Crippen LogP contribution in [0, 0.1) is 0 Å². The minimum Gasteiger partial charge on any atom is -0.467 e. The molecule has 0 aliphatic carbocycles. The maximum Gasteiger partial charge on any atom is 0.338 e. The molecule has 0 saturated carbocycles. The molecule has 1 unspecified atom stereocenters. The number of furan rings is 1. The molecule has 0 radical (unpaired) electrons. The topological polar surface area (TPSA) is 83.8 Å². The average molecular weight is 397 g/mol. The van der Waals surface area contributed by atoms with Crippen molar-refractivity contribution in [3.05, 3.63) is 71.3 Å². The largest absolute Gasteiger partial charge is 0.467 e. The van der Waals surface area contributed by atoms with Gasteiger partial charge in [0.05, 0.1) is 18.4 Å². The fourth-order valence-corrected chi connectivity index (χ4v) is 3.30. The van der Waals surface area contributed by atoms with E-state index < -0.39 is 12.0 Å². The lowest BCUT2D eigenvalue weighted by atomic mass is 9.99. The molecule has 0 spiro atoms. The number of hydrogen-bond donors (Lipinski definition) is 2. The average Bonchev–Trinajstić information content (AvgIpc) is 3.22. The Morgan fingerprint density at radius 1 is 1.17 bits per heavy atom. The van der Waals surface area contributed by atoms with Crippen LogP contribution in [-0.4, -0.2) is 36.1 Å². The lowest BCUT2D eigenvalue weighted by molar-refractivity contribution is -0.139. The molecule has 0 saturated heterocycles. The van der Waals surface area contributed by atoms with E-state index in [4.69, 9.17) is 9.15 Å². The maximum absolute atomic E-state index is 12.8. The highest BCUT2D eigenvalue weighted by molar-refractivity contribution is 5.95. The molecule has 1 aromatic carbocycles. The first-order chi connectivity index (χ1) is 14.0. The molecule has 0 fully saturated rings. The Morgan fingerprint density at radius 3 is 2.55 bits per heavy atom. The minimum absolute atomic E-state index is 0.194. The zero-order chi connectivity index (χ0) is 20.8. The van der Waals surface area contributed by atoms with E-state index in [0.29, 0.717) is 30.1 Å². The molecule has 2 aromatic rings. The lowest BCUT2D eigenvalue weighted by Gasteiger charge is -2.33. The number of carbonyl (C=O) groups is 2. The van der Waals surface area contributed by atoms with Gasteiger partial charge in [-0.2, -0.15) is 0 Å². The Morgan fingerprint density at radius 2 is 1.93 bits per heavy atom. The smallest absolute Gasteiger partial charge is 0.338 e. The second-order valence-corrected chi connectivity index (χ2v) is 7.14. The summed E-state index contributed by atoms with van der Waals surface area (Å²) in [6, 6.07) is 12.7. The Labute approximate surface area is 170 Å². The number of esters is 1. The van der Waals surface area contributed by atoms with E-state index in [2.05, 4.69) is 41.5 Å². The SMILES string of the molecule is CCOC(=O)C1=C(CN(Cc2ccccc2)C(C)C)NC(=O)NC1c1ccco1. The summed E-state index contributed by atoms with van der Waals surface area (Å²) >= 11 is 0. The number of carbonyl (C=O) groups excluding carboxylic acids is 2. The molecule has 2 N–H and O–H groups in total. The molecular formula is C22H27N3O4. The molecule has 154 valence electrons. The molecule has 7 nitrogen and oxygen atoms in total. The summed E-state index contributed by atoms with van der Waals surface area (Å²) in [6.45, 7) is 7.25. The van der Waals surface area contributed by atoms with Gasteiger partial charge in [-0.1, -0.05) is 30.3 Å². The van der Waals surface area contributed by atoms with Crippen LogP contribution in [-0.2, 0) is 16.1 Å². The van der Waals surface area contributed by atoms with Crippen LogP contribution in [0.5, 0.6) is 0 Å². The number of nitrogens with one attached hydrogen (secondary N) is 2. The lowest BCUT2D eigenvalue weighted by Crippen LogP contribution is -2.49. The van der Waals surface area contributed by atoms with E-state index in [1.807, 2.05) is 18.2 Å². The Kier molecular flexibility index (Phi) is 6.72. The number of nitrogens with zero attached hydrogens (tertiary/aromatic N) is 1. The van der Waals surface area contributed by atoms with E-state index >= 15 is 0 Å². The summed E-state index contributed by atoms with van der Waals surface area (Å²) in [7, 11) is 0. The van der Waals surface area contributed by atoms with Crippen LogP contribution in [0.15, 0.2) is 64.4 Å². The Hall–Kier alpha value is -3.06. The van der Waals surface area contributed by atoms with Gasteiger partial charge in [-0.25, -0.2) is 9.59 Å². The van der Waals surface area contributed by atoms with Gasteiger partial charge in [0.15, 0.2) is 0 Å². The molecule has 1 aromatic heterocycles. The van der Waals surface area contributed by atoms with Crippen molar-refractivity contribution in [1.82, 2.24) is 15.5 Å². The van der Waals surface area contributed by atoms with Crippen LogP contribution >= 0.6 is 0 Å². The third kappa shape index (κ3) is 5.06. The predicted octanol–water partition coefficient (Wildman–Crippen LogP) is 3.36. The summed E-state index contributed by atoms with van der Waals surface area (Å²) in [5.41, 5.74) is 2.04. The van der Waals surface area contributed by atoms with Crippen molar-refractivity contribution in [2.75, 3.05) is 13.2 Å². The van der Waals surface area contributed by atoms with E-state index in [1.54, 1.807) is 19.1 Å². The van der Waals surface area contributed by atoms with Crippen LogP contribution in [0.3, 0.4) is 0 Å². The van der Waals surface area contributed by atoms with Gasteiger partial charge in [0.1, 0.15) is 11.8 Å². The van der Waals surface area contributed by atoms with Crippen LogP contribution in [0.4, 0.5) is 4.79 Å². The van der Waals surface area contributed by atoms with Crippen molar-refractivity contribution in [2.24, 2.45) is 0 Å². The first-order valence-electron chi connectivity index (χ1n) is 9.78. The quantitative estimate of drug-likeness (QED) is 0.668. The van der Waals surface area contributed by atoms with Crippen molar-refractivity contribution in [2.45, 2.75) is 39.4 Å². The highest BCUT2D eigenvalue weighted by Crippen LogP contribution is 2.29. The van der Waals surface area contributed by atoms with Gasteiger partial charge in [-0.3, -0.25) is 4.90 Å². The summed E-state index contributed by atoms with van der Waals surface area (Å²) in [4.78, 5) is 27.3. The van der Waals surface area contributed by atoms with E-state index in [0.717, 1.165) is 5.56 Å². The fourth-order valence-electron chi connectivity index (χ4n) is 3.30. The molecule has 1 atom stereocenters. The third-order valence-electron chi connectivity index (χ3n) is 4.80. The normalized spacial score (nSPS) is 16.7. The molecule has 29 heavy (non-hydrogen) atoms. The van der Waals surface area contributed by atoms with Gasteiger partial charge in [-0.15, -0.1) is 0 Å². The highest BCUT2D eigenvalue weighted by Gasteiger charge is 2.36. The Bertz CT molecular complexity index is 859. The van der Waals surface area contributed by atoms with E-state index in [9.17, 15) is 9.59 Å². The third-order valence-corrected chi connectivity index (χ3v) is 4.80. The van der Waals surface area contributed by atoms with Crippen LogP contribution in [0.25, 0.3) is 0 Å². The zero-order valence-electron chi connectivity index (χ0n) is 17.0. The molecule has 3 rings (SSSR count). The highest BCUT2D eigenvalue weighted by atomic mass is 16.5. The van der Waals surface area contributed by atoms with E-state index in [-0.39, 0.29) is 18.7 Å². The van der Waals surface area contributed by atoms with Crippen LogP contribution < -0.4 is 10.6 Å². The van der Waals surface area contributed by atoms with Gasteiger partial charge in [0.2, 0.25) is 0 Å². The number of urea groups is 1. The maximum atomic E-state index is 12.8. The van der Waals surface area contributed by atoms with Gasteiger partial charge in [-0.05, 0) is 38.5 Å². The summed E-state index contributed by atoms with van der Waals surface area (Å²) < 4.78 is 10.8. The monoisotopic (exact) mass is 397 g/mol. The fraction of sp³-hybridized carbons (Fsp3) is 0.364. The van der Waals surface area contributed by atoms with Gasteiger partial charge in [0, 0.05) is 24.8 Å². The first-order valence-corrected chi connectivity index (χ1v) is 9.78. The molecule has 7 heteroatoms. The predicted molar refractivity (Wildman–Crippen MR) is 109 cm³/mol. The minimum atomic E-state index is -0.696. The molecule has 1 aliphatic rings. The standard InChI is InChI=1S/C22H27N3O4/c1-4-28-21(26)19-17(23-22(27)24-20(19)18-11-8-12-29-18)14-25(15(2)3)13-16-9-6-5-7-10-16/h5-12,15,20H,4,13-14H2,1-3H3,(H2,23,24,27). The van der Waals surface area contributed by atoms with Crippen molar-refractivity contribution >= 4 is 12.0 Å². The molecular weight excluding hydrogens is 370 g/mol. The second-order valence-electron chi connectivity index (χ2n) is 7.14. The van der Waals surface area contributed by atoms with Crippen molar-refractivity contribution in [3.8, 4) is 0 Å². The van der Waals surface area contributed by atoms with Crippen molar-refractivity contribution in [3.63, 3.8) is 0 Å². The number of rotatable bonds is 8. The Balaban J connectivity index is 1.96. The van der Waals surface area contributed by atoms with Gasteiger partial charge >= 0.3 is 12.0 Å². The summed E-state index contributed by atoms with van der Waals surface area (Å²) in [5, 5.41) is 5.58. The molecule has 0 bridgehead atoms. The number of amides is 2. The van der Waals surface area contributed by atoms with Crippen molar-refractivity contribution < 1.29 is 18.7 Å². The van der Waals surface area contributed by atoms with Crippen molar-refractivity contribution in [1.29, 1.82) is 0 Å². The van der Waals surface area contributed by atoms with Gasteiger partial charge < -0.3 is 19.8 Å². The van der Waals surface area contributed by atoms with Crippen LogP contribution in [0.2, 0.25) is 0 Å². The van der Waals surface area contributed by atoms with E-state index in [1.165, 1.54) is 6.26 Å². The molecule has 2 heterocycles. The number of benzene rings is 1. The molecule has 2 amide bonds. The second kappa shape index (κ2) is 9.43. The number of hydrogen-bond acceptors (Lipinski definition) is 5.